The number of hydrogen-bond acceptors (Lipinski definition) is 6. The van der Waals surface area contributed by atoms with Crippen molar-refractivity contribution in [3.8, 4) is 23.0 Å². The number of unbranched alkanes of at least 4 members (excludes halogenated alkanes) is 4. The first-order valence-electron chi connectivity index (χ1n) is 11.0. The second kappa shape index (κ2) is 13.9. The normalized spacial score (nSPS) is 10.3. The van der Waals surface area contributed by atoms with Crippen LogP contribution in [0.25, 0.3) is 0 Å². The van der Waals surface area contributed by atoms with E-state index in [4.69, 9.17) is 18.9 Å². The zero-order valence-corrected chi connectivity index (χ0v) is 19.9. The van der Waals surface area contributed by atoms with Crippen LogP contribution in [0, 0.1) is 0 Å². The van der Waals surface area contributed by atoms with E-state index in [-0.39, 0.29) is 11.8 Å². The van der Waals surface area contributed by atoms with Crippen molar-refractivity contribution in [2.75, 3.05) is 41.5 Å². The molecule has 0 aliphatic rings. The summed E-state index contributed by atoms with van der Waals surface area (Å²) in [5.74, 6) is 2.02. The number of benzene rings is 2. The zero-order chi connectivity index (χ0) is 24.1. The fourth-order valence-corrected chi connectivity index (χ4v) is 3.27. The van der Waals surface area contributed by atoms with Crippen molar-refractivity contribution in [2.45, 2.75) is 32.1 Å². The van der Waals surface area contributed by atoms with Gasteiger partial charge in [-0.2, -0.15) is 0 Å². The lowest BCUT2D eigenvalue weighted by molar-refractivity contribution is 0.0945. The second-order valence-electron chi connectivity index (χ2n) is 7.48. The summed E-state index contributed by atoms with van der Waals surface area (Å²) < 4.78 is 20.8. The maximum atomic E-state index is 12.3. The van der Waals surface area contributed by atoms with Crippen molar-refractivity contribution in [2.24, 2.45) is 0 Å². The topological polar surface area (TPSA) is 95.1 Å². The van der Waals surface area contributed by atoms with Crippen molar-refractivity contribution in [3.05, 3.63) is 47.5 Å². The fraction of sp³-hybridized carbons (Fsp3) is 0.440. The zero-order valence-electron chi connectivity index (χ0n) is 19.9. The van der Waals surface area contributed by atoms with Crippen LogP contribution in [0.1, 0.15) is 52.8 Å². The van der Waals surface area contributed by atoms with Crippen molar-refractivity contribution in [3.63, 3.8) is 0 Å². The maximum Gasteiger partial charge on any atom is 0.251 e. The van der Waals surface area contributed by atoms with Gasteiger partial charge in [-0.3, -0.25) is 9.59 Å². The summed E-state index contributed by atoms with van der Waals surface area (Å²) >= 11 is 0. The number of hydrogen-bond donors (Lipinski definition) is 2. The third-order valence-corrected chi connectivity index (χ3v) is 5.15. The van der Waals surface area contributed by atoms with Crippen LogP contribution in [0.4, 0.5) is 0 Å². The van der Waals surface area contributed by atoms with Crippen LogP contribution in [0.15, 0.2) is 36.4 Å². The molecule has 2 N–H and O–H groups in total. The lowest BCUT2D eigenvalue weighted by Crippen LogP contribution is -2.25. The number of amides is 2. The molecule has 0 aliphatic heterocycles. The lowest BCUT2D eigenvalue weighted by atomic mass is 10.1. The Balaban J connectivity index is 1.60. The van der Waals surface area contributed by atoms with Gasteiger partial charge in [0, 0.05) is 36.3 Å². The minimum absolute atomic E-state index is 0.149. The molecule has 0 saturated heterocycles. The summed E-state index contributed by atoms with van der Waals surface area (Å²) in [6, 6.07) is 10.2. The smallest absolute Gasteiger partial charge is 0.251 e. The molecule has 0 fully saturated rings. The van der Waals surface area contributed by atoms with Gasteiger partial charge < -0.3 is 29.6 Å². The van der Waals surface area contributed by atoms with Crippen molar-refractivity contribution < 1.29 is 28.5 Å². The maximum absolute atomic E-state index is 12.3. The summed E-state index contributed by atoms with van der Waals surface area (Å²) in [7, 11) is 6.21. The summed E-state index contributed by atoms with van der Waals surface area (Å²) in [4.78, 5) is 24.7. The van der Waals surface area contributed by atoms with Crippen LogP contribution in [0.3, 0.4) is 0 Å². The second-order valence-corrected chi connectivity index (χ2v) is 7.48. The van der Waals surface area contributed by atoms with E-state index in [0.29, 0.717) is 47.2 Å². The summed E-state index contributed by atoms with van der Waals surface area (Å²) in [5, 5.41) is 5.86. The number of methoxy groups -OCH3 is 4. The van der Waals surface area contributed by atoms with Gasteiger partial charge in [-0.1, -0.05) is 19.3 Å². The molecule has 0 atom stereocenters. The molecule has 0 radical (unpaired) electrons. The average molecular weight is 459 g/mol. The van der Waals surface area contributed by atoms with E-state index in [9.17, 15) is 9.59 Å². The molecule has 0 heterocycles. The number of rotatable bonds is 14. The number of carbonyl (C=O) groups excluding carboxylic acids is 2. The fourth-order valence-electron chi connectivity index (χ4n) is 3.27. The Kier molecular flexibility index (Phi) is 10.9. The van der Waals surface area contributed by atoms with E-state index in [1.165, 1.54) is 0 Å². The van der Waals surface area contributed by atoms with Gasteiger partial charge in [0.05, 0.1) is 28.4 Å². The van der Waals surface area contributed by atoms with E-state index < -0.39 is 0 Å². The summed E-state index contributed by atoms with van der Waals surface area (Å²) in [6.45, 7) is 1.21. The minimum Gasteiger partial charge on any atom is -0.497 e. The molecule has 0 spiro atoms. The van der Waals surface area contributed by atoms with Crippen LogP contribution < -0.4 is 29.6 Å². The van der Waals surface area contributed by atoms with Gasteiger partial charge in [-0.15, -0.1) is 0 Å². The average Bonchev–Trinajstić information content (AvgIpc) is 2.86. The molecule has 2 aromatic carbocycles. The van der Waals surface area contributed by atoms with Crippen LogP contribution in [0.2, 0.25) is 0 Å². The molecule has 2 rings (SSSR count). The largest absolute Gasteiger partial charge is 0.497 e. The van der Waals surface area contributed by atoms with Gasteiger partial charge in [-0.05, 0) is 37.1 Å². The molecule has 2 aromatic rings. The van der Waals surface area contributed by atoms with Gasteiger partial charge in [0.2, 0.25) is 0 Å². The molecule has 2 amide bonds. The predicted octanol–water partition coefficient (Wildman–Crippen LogP) is 3.83. The Labute approximate surface area is 195 Å². The standard InChI is InChI=1S/C25H34N2O6/c1-30-20-12-18(13-21(16-20)31-2)24(28)26-10-8-6-5-7-9-11-27-25(29)19-14-22(32-3)17-23(15-19)33-4/h12-17H,5-11H2,1-4H3,(H,26,28)(H,27,29). The molecule has 8 heteroatoms. The monoisotopic (exact) mass is 458 g/mol. The molecule has 8 nitrogen and oxygen atoms in total. The Hall–Kier alpha value is -3.42. The molecular formula is C25H34N2O6. The van der Waals surface area contributed by atoms with Crippen molar-refractivity contribution in [1.82, 2.24) is 10.6 Å². The lowest BCUT2D eigenvalue weighted by Gasteiger charge is -2.10. The SMILES string of the molecule is COc1cc(OC)cc(C(=O)NCCCCCCCNC(=O)c2cc(OC)cc(OC)c2)c1. The van der Waals surface area contributed by atoms with Crippen molar-refractivity contribution >= 4 is 11.8 Å². The Morgan fingerprint density at radius 3 is 1.15 bits per heavy atom. The van der Waals surface area contributed by atoms with Gasteiger partial charge in [0.25, 0.3) is 11.8 Å². The number of nitrogens with one attached hydrogen (secondary N) is 2. The molecule has 0 bridgehead atoms. The Bertz CT molecular complexity index is 798. The van der Waals surface area contributed by atoms with E-state index in [0.717, 1.165) is 32.1 Å². The predicted molar refractivity (Wildman–Crippen MR) is 127 cm³/mol. The first kappa shape index (κ1) is 25.8. The highest BCUT2D eigenvalue weighted by Crippen LogP contribution is 2.23. The highest BCUT2D eigenvalue weighted by molar-refractivity contribution is 5.95. The molecular weight excluding hydrogens is 424 g/mol. The van der Waals surface area contributed by atoms with E-state index in [1.54, 1.807) is 64.8 Å². The van der Waals surface area contributed by atoms with Crippen molar-refractivity contribution in [1.29, 1.82) is 0 Å². The van der Waals surface area contributed by atoms with E-state index in [1.807, 2.05) is 0 Å². The Morgan fingerprint density at radius 1 is 0.545 bits per heavy atom. The first-order chi connectivity index (χ1) is 16.0. The molecule has 33 heavy (non-hydrogen) atoms. The third-order valence-electron chi connectivity index (χ3n) is 5.15. The molecule has 0 saturated carbocycles. The highest BCUT2D eigenvalue weighted by atomic mass is 16.5. The van der Waals surface area contributed by atoms with E-state index >= 15 is 0 Å². The minimum atomic E-state index is -0.149. The third kappa shape index (κ3) is 8.56. The van der Waals surface area contributed by atoms with Gasteiger partial charge in [0.1, 0.15) is 23.0 Å². The number of carbonyl (C=O) groups is 2. The van der Waals surface area contributed by atoms with Crippen LogP contribution in [0.5, 0.6) is 23.0 Å². The Morgan fingerprint density at radius 2 is 0.848 bits per heavy atom. The molecule has 0 unspecified atom stereocenters. The van der Waals surface area contributed by atoms with Gasteiger partial charge in [0.15, 0.2) is 0 Å². The van der Waals surface area contributed by atoms with E-state index in [2.05, 4.69) is 10.6 Å². The number of ether oxygens (including phenoxy) is 4. The summed E-state index contributed by atoms with van der Waals surface area (Å²) in [5.41, 5.74) is 1.02. The highest BCUT2D eigenvalue weighted by Gasteiger charge is 2.10. The van der Waals surface area contributed by atoms with Crippen LogP contribution >= 0.6 is 0 Å². The molecule has 0 aromatic heterocycles. The van der Waals surface area contributed by atoms with Gasteiger partial charge >= 0.3 is 0 Å². The van der Waals surface area contributed by atoms with Crippen LogP contribution in [-0.4, -0.2) is 53.3 Å². The quantitative estimate of drug-likeness (QED) is 0.418. The molecule has 180 valence electrons. The van der Waals surface area contributed by atoms with Gasteiger partial charge in [-0.25, -0.2) is 0 Å². The molecule has 0 aliphatic carbocycles. The summed E-state index contributed by atoms with van der Waals surface area (Å²) in [6.07, 6.45) is 4.82. The van der Waals surface area contributed by atoms with Crippen LogP contribution in [-0.2, 0) is 0 Å². The first-order valence-corrected chi connectivity index (χ1v) is 11.0.